The summed E-state index contributed by atoms with van der Waals surface area (Å²) in [5, 5.41) is 19.7. The molecule has 66 valence electrons. The largest absolute Gasteiger partial charge is 0.491 e. The van der Waals surface area contributed by atoms with Crippen LogP contribution in [0.3, 0.4) is 0 Å². The Morgan fingerprint density at radius 2 is 2.08 bits per heavy atom. The summed E-state index contributed by atoms with van der Waals surface area (Å²) in [5.74, 6) is -0.355. The highest BCUT2D eigenvalue weighted by Crippen LogP contribution is 2.23. The number of aromatic nitrogens is 1. The third-order valence-corrected chi connectivity index (χ3v) is 1.83. The Balaban J connectivity index is 2.86. The van der Waals surface area contributed by atoms with Crippen molar-refractivity contribution >= 4 is 10.9 Å². The predicted molar refractivity (Wildman–Crippen MR) is 46.0 cm³/mol. The summed E-state index contributed by atoms with van der Waals surface area (Å²) in [6.07, 6.45) is 0. The van der Waals surface area contributed by atoms with E-state index in [0.717, 1.165) is 0 Å². The van der Waals surface area contributed by atoms with Crippen LogP contribution >= 0.6 is 0 Å². The molecule has 0 aliphatic heterocycles. The summed E-state index contributed by atoms with van der Waals surface area (Å²) in [4.78, 5) is 10.5. The van der Waals surface area contributed by atoms with Crippen LogP contribution in [-0.2, 0) is 0 Å². The van der Waals surface area contributed by atoms with Gasteiger partial charge in [0.15, 0.2) is 5.03 Å². The molecule has 2 rings (SSSR count). The van der Waals surface area contributed by atoms with Crippen LogP contribution in [0, 0.1) is 10.1 Å². The fourth-order valence-electron chi connectivity index (χ4n) is 1.30. The van der Waals surface area contributed by atoms with Crippen molar-refractivity contribution in [1.82, 2.24) is 4.68 Å². The van der Waals surface area contributed by atoms with Gasteiger partial charge in [0, 0.05) is 11.5 Å². The summed E-state index contributed by atoms with van der Waals surface area (Å²) in [5.41, 5.74) is 0.394. The Kier molecular flexibility index (Phi) is 1.45. The fourth-order valence-corrected chi connectivity index (χ4v) is 1.30. The summed E-state index contributed by atoms with van der Waals surface area (Å²) >= 11 is 0. The minimum Gasteiger partial charge on any atom is -0.491 e. The van der Waals surface area contributed by atoms with E-state index in [1.54, 1.807) is 24.3 Å². The van der Waals surface area contributed by atoms with Gasteiger partial charge >= 0.3 is 0 Å². The number of nitro groups is 1. The van der Waals surface area contributed by atoms with Crippen LogP contribution in [0.4, 0.5) is 0 Å². The first-order valence-electron chi connectivity index (χ1n) is 3.64. The van der Waals surface area contributed by atoms with Crippen molar-refractivity contribution in [1.29, 1.82) is 0 Å². The van der Waals surface area contributed by atoms with Crippen LogP contribution in [0.25, 0.3) is 10.9 Å². The van der Waals surface area contributed by atoms with E-state index in [0.29, 0.717) is 15.6 Å². The van der Waals surface area contributed by atoms with E-state index in [2.05, 4.69) is 0 Å². The second-order valence-corrected chi connectivity index (χ2v) is 2.61. The highest BCUT2D eigenvalue weighted by molar-refractivity contribution is 5.81. The Bertz CT molecular complexity index is 475. The zero-order chi connectivity index (χ0) is 9.42. The number of para-hydroxylation sites is 1. The summed E-state index contributed by atoms with van der Waals surface area (Å²) < 4.78 is 0.648. The molecule has 0 aliphatic carbocycles. The van der Waals surface area contributed by atoms with E-state index in [1.165, 1.54) is 6.07 Å². The van der Waals surface area contributed by atoms with Gasteiger partial charge in [0.25, 0.3) is 5.88 Å². The zero-order valence-electron chi connectivity index (χ0n) is 6.54. The SMILES string of the molecule is O=[N+]([O-])n1c(O)cc2ccccc21. The van der Waals surface area contributed by atoms with Crippen LogP contribution in [0.1, 0.15) is 0 Å². The smallest absolute Gasteiger partial charge is 0.257 e. The second kappa shape index (κ2) is 2.48. The molecule has 1 N–H and O–H groups in total. The number of nitrogens with zero attached hydrogens (tertiary/aromatic N) is 2. The van der Waals surface area contributed by atoms with Crippen molar-refractivity contribution in [2.45, 2.75) is 0 Å². The Morgan fingerprint density at radius 1 is 1.38 bits per heavy atom. The molecule has 1 aromatic heterocycles. The molecule has 0 radical (unpaired) electrons. The van der Waals surface area contributed by atoms with E-state index >= 15 is 0 Å². The maximum atomic E-state index is 10.5. The van der Waals surface area contributed by atoms with Crippen molar-refractivity contribution in [3.05, 3.63) is 40.4 Å². The number of aromatic hydroxyl groups is 1. The van der Waals surface area contributed by atoms with Gasteiger partial charge in [-0.1, -0.05) is 18.2 Å². The molecule has 2 aromatic rings. The van der Waals surface area contributed by atoms with E-state index in [9.17, 15) is 15.2 Å². The van der Waals surface area contributed by atoms with Crippen LogP contribution in [0.5, 0.6) is 5.88 Å². The maximum absolute atomic E-state index is 10.5. The summed E-state index contributed by atoms with van der Waals surface area (Å²) in [7, 11) is 0. The lowest BCUT2D eigenvalue weighted by molar-refractivity contribution is -0.539. The summed E-state index contributed by atoms with van der Waals surface area (Å²) in [6.45, 7) is 0. The standard InChI is InChI=1S/C8H6N2O3/c11-8-5-6-3-1-2-4-7(6)9(8)10(12)13/h1-5,11H. The molecule has 0 spiro atoms. The Hall–Kier alpha value is -2.04. The van der Waals surface area contributed by atoms with Crippen LogP contribution in [0.2, 0.25) is 0 Å². The van der Waals surface area contributed by atoms with Gasteiger partial charge in [0.2, 0.25) is 0 Å². The first-order chi connectivity index (χ1) is 6.20. The number of hydrogen-bond donors (Lipinski definition) is 1. The van der Waals surface area contributed by atoms with Gasteiger partial charge in [0.1, 0.15) is 5.52 Å². The van der Waals surface area contributed by atoms with Crippen LogP contribution in [-0.4, -0.2) is 14.8 Å². The molecule has 0 unspecified atom stereocenters. The molecule has 0 atom stereocenters. The van der Waals surface area contributed by atoms with Gasteiger partial charge in [-0.05, 0) is 10.7 Å². The third kappa shape index (κ3) is 1.01. The van der Waals surface area contributed by atoms with Crippen molar-refractivity contribution in [3.63, 3.8) is 0 Å². The Morgan fingerprint density at radius 3 is 2.77 bits per heavy atom. The predicted octanol–water partition coefficient (Wildman–Crippen LogP) is 1.39. The molecule has 13 heavy (non-hydrogen) atoms. The number of fused-ring (bicyclic) bond motifs is 1. The molecule has 0 saturated carbocycles. The maximum Gasteiger partial charge on any atom is 0.257 e. The lowest BCUT2D eigenvalue weighted by Crippen LogP contribution is -2.06. The van der Waals surface area contributed by atoms with Crippen LogP contribution in [0.15, 0.2) is 30.3 Å². The van der Waals surface area contributed by atoms with Gasteiger partial charge in [0.05, 0.1) is 0 Å². The zero-order valence-corrected chi connectivity index (χ0v) is 6.54. The number of benzene rings is 1. The van der Waals surface area contributed by atoms with Crippen molar-refractivity contribution in [2.75, 3.05) is 0 Å². The van der Waals surface area contributed by atoms with E-state index in [-0.39, 0.29) is 5.88 Å². The molecule has 0 bridgehead atoms. The lowest BCUT2D eigenvalue weighted by atomic mass is 10.3. The Labute approximate surface area is 72.9 Å². The van der Waals surface area contributed by atoms with Crippen molar-refractivity contribution in [3.8, 4) is 5.88 Å². The third-order valence-electron chi connectivity index (χ3n) is 1.83. The average molecular weight is 178 g/mol. The highest BCUT2D eigenvalue weighted by Gasteiger charge is 2.14. The minimum absolute atomic E-state index is 0.355. The van der Waals surface area contributed by atoms with Crippen LogP contribution < -0.4 is 0 Å². The molecule has 0 amide bonds. The number of rotatable bonds is 1. The molecule has 5 heteroatoms. The van der Waals surface area contributed by atoms with Gasteiger partial charge in [-0.3, -0.25) is 0 Å². The molecule has 1 aromatic carbocycles. The molecule has 0 aliphatic rings. The molecule has 0 saturated heterocycles. The molecular weight excluding hydrogens is 172 g/mol. The molecule has 0 fully saturated rings. The van der Waals surface area contributed by atoms with Gasteiger partial charge in [-0.25, -0.2) is 10.1 Å². The average Bonchev–Trinajstić information content (AvgIpc) is 2.39. The second-order valence-electron chi connectivity index (χ2n) is 2.61. The highest BCUT2D eigenvalue weighted by atomic mass is 16.7. The molecule has 1 heterocycles. The molecule has 5 nitrogen and oxygen atoms in total. The van der Waals surface area contributed by atoms with E-state index < -0.39 is 5.03 Å². The quantitative estimate of drug-likeness (QED) is 0.529. The van der Waals surface area contributed by atoms with E-state index in [4.69, 9.17) is 0 Å². The lowest BCUT2D eigenvalue weighted by Gasteiger charge is -1.93. The first kappa shape index (κ1) is 7.60. The van der Waals surface area contributed by atoms with Crippen molar-refractivity contribution < 1.29 is 10.1 Å². The summed E-state index contributed by atoms with van der Waals surface area (Å²) in [6, 6.07) is 8.08. The number of hydrogen-bond acceptors (Lipinski definition) is 3. The molecular formula is C8H6N2O3. The topological polar surface area (TPSA) is 68.3 Å². The normalized spacial score (nSPS) is 10.5. The van der Waals surface area contributed by atoms with E-state index in [1.807, 2.05) is 0 Å². The van der Waals surface area contributed by atoms with Gasteiger partial charge in [-0.15, -0.1) is 0 Å². The minimum atomic E-state index is -0.655. The fraction of sp³-hybridized carbons (Fsp3) is 0. The first-order valence-corrected chi connectivity index (χ1v) is 3.64. The van der Waals surface area contributed by atoms with Crippen molar-refractivity contribution in [2.24, 2.45) is 0 Å². The van der Waals surface area contributed by atoms with Gasteiger partial charge < -0.3 is 5.11 Å². The monoisotopic (exact) mass is 178 g/mol. The van der Waals surface area contributed by atoms with Gasteiger partial charge in [-0.2, -0.15) is 0 Å².